The molecule has 0 aliphatic rings. The number of amides is 1. The number of hydrogen-bond acceptors (Lipinski definition) is 5. The van der Waals surface area contributed by atoms with Crippen LogP contribution >= 0.6 is 0 Å². The third-order valence-electron chi connectivity index (χ3n) is 3.29. The highest BCUT2D eigenvalue weighted by atomic mass is 16.5. The molecule has 1 heterocycles. The van der Waals surface area contributed by atoms with Crippen LogP contribution in [-0.4, -0.2) is 36.1 Å². The number of rotatable bonds is 6. The Labute approximate surface area is 130 Å². The number of benzene rings is 1. The van der Waals surface area contributed by atoms with Gasteiger partial charge in [0.25, 0.3) is 5.91 Å². The molecule has 1 aromatic heterocycles. The number of methoxy groups -OCH3 is 1. The molecule has 1 N–H and O–H groups in total. The van der Waals surface area contributed by atoms with Gasteiger partial charge in [0.1, 0.15) is 5.75 Å². The number of hydrogen-bond donors (Lipinski definition) is 1. The van der Waals surface area contributed by atoms with E-state index in [-0.39, 0.29) is 5.91 Å². The van der Waals surface area contributed by atoms with Crippen LogP contribution in [0.4, 0.5) is 11.6 Å². The van der Waals surface area contributed by atoms with Crippen molar-refractivity contribution in [3.05, 3.63) is 42.2 Å². The molecule has 1 amide bonds. The molecule has 6 heteroatoms. The van der Waals surface area contributed by atoms with Crippen LogP contribution in [-0.2, 0) is 0 Å². The summed E-state index contributed by atoms with van der Waals surface area (Å²) in [7, 11) is 1.60. The van der Waals surface area contributed by atoms with Gasteiger partial charge in [-0.05, 0) is 38.1 Å². The first-order valence-corrected chi connectivity index (χ1v) is 7.20. The lowest BCUT2D eigenvalue weighted by Gasteiger charge is -2.18. The summed E-state index contributed by atoms with van der Waals surface area (Å²) in [5.41, 5.74) is 1.12. The van der Waals surface area contributed by atoms with E-state index in [1.54, 1.807) is 43.8 Å². The Bertz CT molecular complexity index is 607. The predicted molar refractivity (Wildman–Crippen MR) is 86.5 cm³/mol. The highest BCUT2D eigenvalue weighted by Gasteiger charge is 2.10. The van der Waals surface area contributed by atoms with Crippen LogP contribution in [0.15, 0.2) is 36.7 Å². The van der Waals surface area contributed by atoms with Gasteiger partial charge in [-0.3, -0.25) is 4.79 Å². The summed E-state index contributed by atoms with van der Waals surface area (Å²) in [4.78, 5) is 22.7. The number of carbonyl (C=O) groups is 1. The standard InChI is InChI=1S/C16H20N4O2/c1-4-20(5-2)16-17-10-12(11-18-16)15(21)19-13-6-8-14(22-3)9-7-13/h6-11H,4-5H2,1-3H3,(H,19,21). The van der Waals surface area contributed by atoms with E-state index in [4.69, 9.17) is 4.74 Å². The molecule has 0 saturated carbocycles. The van der Waals surface area contributed by atoms with Crippen molar-refractivity contribution in [2.24, 2.45) is 0 Å². The first-order chi connectivity index (χ1) is 10.7. The molecule has 116 valence electrons. The molecule has 0 spiro atoms. The number of anilines is 2. The average Bonchev–Trinajstić information content (AvgIpc) is 2.57. The van der Waals surface area contributed by atoms with Crippen LogP contribution in [0.5, 0.6) is 5.75 Å². The van der Waals surface area contributed by atoms with Gasteiger partial charge in [-0.1, -0.05) is 0 Å². The van der Waals surface area contributed by atoms with E-state index in [1.807, 2.05) is 18.7 Å². The minimum atomic E-state index is -0.240. The van der Waals surface area contributed by atoms with Gasteiger partial charge in [0.2, 0.25) is 5.95 Å². The summed E-state index contributed by atoms with van der Waals surface area (Å²) in [5.74, 6) is 1.13. The Balaban J connectivity index is 2.05. The van der Waals surface area contributed by atoms with Gasteiger partial charge in [-0.2, -0.15) is 0 Å². The molecule has 6 nitrogen and oxygen atoms in total. The maximum atomic E-state index is 12.2. The molecule has 0 fully saturated rings. The lowest BCUT2D eigenvalue weighted by molar-refractivity contribution is 0.102. The van der Waals surface area contributed by atoms with Crippen molar-refractivity contribution < 1.29 is 9.53 Å². The molecule has 2 rings (SSSR count). The van der Waals surface area contributed by atoms with Gasteiger partial charge in [0.15, 0.2) is 0 Å². The van der Waals surface area contributed by atoms with E-state index in [1.165, 1.54) is 0 Å². The maximum Gasteiger partial charge on any atom is 0.258 e. The van der Waals surface area contributed by atoms with Crippen molar-refractivity contribution >= 4 is 17.5 Å². The molecular formula is C16H20N4O2. The monoisotopic (exact) mass is 300 g/mol. The molecule has 0 unspecified atom stereocenters. The first kappa shape index (κ1) is 15.8. The second kappa shape index (κ2) is 7.40. The van der Waals surface area contributed by atoms with Crippen LogP contribution in [0, 0.1) is 0 Å². The van der Waals surface area contributed by atoms with E-state index in [9.17, 15) is 4.79 Å². The normalized spacial score (nSPS) is 10.1. The minimum Gasteiger partial charge on any atom is -0.497 e. The zero-order valence-corrected chi connectivity index (χ0v) is 13.0. The number of nitrogens with one attached hydrogen (secondary N) is 1. The highest BCUT2D eigenvalue weighted by molar-refractivity contribution is 6.03. The average molecular weight is 300 g/mol. The maximum absolute atomic E-state index is 12.2. The van der Waals surface area contributed by atoms with Crippen molar-refractivity contribution in [2.75, 3.05) is 30.4 Å². The molecule has 0 bridgehead atoms. The second-order valence-electron chi connectivity index (χ2n) is 4.63. The van der Waals surface area contributed by atoms with Gasteiger partial charge < -0.3 is 15.0 Å². The largest absolute Gasteiger partial charge is 0.497 e. The molecule has 0 radical (unpaired) electrons. The van der Waals surface area contributed by atoms with E-state index in [0.29, 0.717) is 17.2 Å². The van der Waals surface area contributed by atoms with Gasteiger partial charge in [-0.15, -0.1) is 0 Å². The fourth-order valence-electron chi connectivity index (χ4n) is 1.99. The third kappa shape index (κ3) is 3.72. The summed E-state index contributed by atoms with van der Waals surface area (Å²) in [6.07, 6.45) is 3.08. The van der Waals surface area contributed by atoms with Gasteiger partial charge in [-0.25, -0.2) is 9.97 Å². The van der Waals surface area contributed by atoms with Gasteiger partial charge >= 0.3 is 0 Å². The van der Waals surface area contributed by atoms with Crippen molar-refractivity contribution in [2.45, 2.75) is 13.8 Å². The van der Waals surface area contributed by atoms with Crippen LogP contribution in [0.25, 0.3) is 0 Å². The summed E-state index contributed by atoms with van der Waals surface area (Å²) >= 11 is 0. The summed E-state index contributed by atoms with van der Waals surface area (Å²) < 4.78 is 5.08. The summed E-state index contributed by atoms with van der Waals surface area (Å²) in [5, 5.41) is 2.80. The highest BCUT2D eigenvalue weighted by Crippen LogP contribution is 2.16. The molecule has 1 aromatic carbocycles. The van der Waals surface area contributed by atoms with Crippen molar-refractivity contribution in [1.29, 1.82) is 0 Å². The Hall–Kier alpha value is -2.63. The number of carbonyl (C=O) groups excluding carboxylic acids is 1. The van der Waals surface area contributed by atoms with Gasteiger partial charge in [0, 0.05) is 31.2 Å². The van der Waals surface area contributed by atoms with Crippen LogP contribution in [0.2, 0.25) is 0 Å². The third-order valence-corrected chi connectivity index (χ3v) is 3.29. The summed E-state index contributed by atoms with van der Waals surface area (Å²) in [6.45, 7) is 5.73. The minimum absolute atomic E-state index is 0.240. The van der Waals surface area contributed by atoms with Crippen LogP contribution < -0.4 is 15.0 Å². The fraction of sp³-hybridized carbons (Fsp3) is 0.312. The molecule has 0 saturated heterocycles. The molecule has 2 aromatic rings. The first-order valence-electron chi connectivity index (χ1n) is 7.20. The Kier molecular flexibility index (Phi) is 5.30. The van der Waals surface area contributed by atoms with Crippen LogP contribution in [0.3, 0.4) is 0 Å². The van der Waals surface area contributed by atoms with E-state index in [0.717, 1.165) is 18.8 Å². The lowest BCUT2D eigenvalue weighted by Crippen LogP contribution is -2.24. The Morgan fingerprint density at radius 2 is 1.73 bits per heavy atom. The topological polar surface area (TPSA) is 67.4 Å². The van der Waals surface area contributed by atoms with E-state index >= 15 is 0 Å². The molecule has 0 atom stereocenters. The van der Waals surface area contributed by atoms with Crippen LogP contribution in [0.1, 0.15) is 24.2 Å². The Morgan fingerprint density at radius 3 is 2.23 bits per heavy atom. The number of aromatic nitrogens is 2. The fourth-order valence-corrected chi connectivity index (χ4v) is 1.99. The van der Waals surface area contributed by atoms with Crippen molar-refractivity contribution in [1.82, 2.24) is 9.97 Å². The smallest absolute Gasteiger partial charge is 0.258 e. The van der Waals surface area contributed by atoms with E-state index < -0.39 is 0 Å². The van der Waals surface area contributed by atoms with Gasteiger partial charge in [0.05, 0.1) is 12.7 Å². The van der Waals surface area contributed by atoms with Crippen molar-refractivity contribution in [3.63, 3.8) is 0 Å². The second-order valence-corrected chi connectivity index (χ2v) is 4.63. The van der Waals surface area contributed by atoms with E-state index in [2.05, 4.69) is 15.3 Å². The molecular weight excluding hydrogens is 280 g/mol. The SMILES string of the molecule is CCN(CC)c1ncc(C(=O)Nc2ccc(OC)cc2)cn1. The number of nitrogens with zero attached hydrogens (tertiary/aromatic N) is 3. The molecule has 0 aliphatic carbocycles. The molecule has 22 heavy (non-hydrogen) atoms. The zero-order valence-electron chi connectivity index (χ0n) is 13.0. The quantitative estimate of drug-likeness (QED) is 0.888. The summed E-state index contributed by atoms with van der Waals surface area (Å²) in [6, 6.07) is 7.13. The molecule has 0 aliphatic heterocycles. The van der Waals surface area contributed by atoms with Crippen molar-refractivity contribution in [3.8, 4) is 5.75 Å². The lowest BCUT2D eigenvalue weighted by atomic mass is 10.2. The zero-order chi connectivity index (χ0) is 15.9. The predicted octanol–water partition coefficient (Wildman–Crippen LogP) is 2.58. The Morgan fingerprint density at radius 1 is 1.14 bits per heavy atom. The number of ether oxygens (including phenoxy) is 1.